The summed E-state index contributed by atoms with van der Waals surface area (Å²) in [4.78, 5) is 4.33. The molecule has 35 heavy (non-hydrogen) atoms. The molecule has 5 aromatic rings. The molecule has 2 aromatic heterocycles. The Labute approximate surface area is 202 Å². The van der Waals surface area contributed by atoms with E-state index < -0.39 is 0 Å². The smallest absolute Gasteiger partial charge is 0.123 e. The summed E-state index contributed by atoms with van der Waals surface area (Å²) < 4.78 is 15.5. The summed E-state index contributed by atoms with van der Waals surface area (Å²) in [6.07, 6.45) is 6.35. The van der Waals surface area contributed by atoms with Gasteiger partial charge in [-0.25, -0.2) is 9.07 Å². The van der Waals surface area contributed by atoms with Crippen molar-refractivity contribution < 1.29 is 4.39 Å². The largest absolute Gasteiger partial charge is 0.264 e. The van der Waals surface area contributed by atoms with Gasteiger partial charge >= 0.3 is 0 Å². The lowest BCUT2D eigenvalue weighted by Gasteiger charge is -2.23. The third-order valence-electron chi connectivity index (χ3n) is 6.17. The van der Waals surface area contributed by atoms with Gasteiger partial charge in [-0.15, -0.1) is 0 Å². The fourth-order valence-electron chi connectivity index (χ4n) is 4.46. The summed E-state index contributed by atoms with van der Waals surface area (Å²) in [7, 11) is 0. The molecule has 0 amide bonds. The number of halogens is 1. The van der Waals surface area contributed by atoms with Crippen molar-refractivity contribution >= 4 is 11.4 Å². The second-order valence-electron chi connectivity index (χ2n) is 8.41. The van der Waals surface area contributed by atoms with Gasteiger partial charge in [-0.1, -0.05) is 48.5 Å². The number of hydrogen-bond donors (Lipinski definition) is 0. The van der Waals surface area contributed by atoms with Crippen molar-refractivity contribution in [3.8, 4) is 16.9 Å². The first-order valence-electron chi connectivity index (χ1n) is 11.5. The van der Waals surface area contributed by atoms with Gasteiger partial charge in [-0.2, -0.15) is 10.2 Å². The van der Waals surface area contributed by atoms with E-state index in [1.165, 1.54) is 12.1 Å². The molecule has 1 atom stereocenters. The SMILES string of the molecule is Fc1ccc(C2=NN(c3ccccc3)[C@@H](c3cn(-c4ccccc4)nc3-c3cccnc3)C2)cc1. The maximum absolute atomic E-state index is 13.6. The Morgan fingerprint density at radius 1 is 0.743 bits per heavy atom. The Hall–Kier alpha value is -4.58. The zero-order chi connectivity index (χ0) is 23.6. The Morgan fingerprint density at radius 3 is 2.14 bits per heavy atom. The lowest BCUT2D eigenvalue weighted by atomic mass is 9.96. The summed E-state index contributed by atoms with van der Waals surface area (Å²) in [5, 5.41) is 12.0. The third-order valence-corrected chi connectivity index (χ3v) is 6.17. The first kappa shape index (κ1) is 21.0. The van der Waals surface area contributed by atoms with E-state index in [1.54, 1.807) is 18.3 Å². The molecule has 0 aliphatic carbocycles. The van der Waals surface area contributed by atoms with E-state index >= 15 is 0 Å². The van der Waals surface area contributed by atoms with E-state index in [2.05, 4.69) is 23.3 Å². The van der Waals surface area contributed by atoms with Crippen LogP contribution in [0, 0.1) is 5.82 Å². The summed E-state index contributed by atoms with van der Waals surface area (Å²) in [6.45, 7) is 0. The molecule has 1 aliphatic heterocycles. The molecule has 0 spiro atoms. The lowest BCUT2D eigenvalue weighted by molar-refractivity contribution is 0.627. The molecular formula is C29H22FN5. The second kappa shape index (κ2) is 8.99. The van der Waals surface area contributed by atoms with Crippen molar-refractivity contribution in [2.45, 2.75) is 12.5 Å². The van der Waals surface area contributed by atoms with Crippen LogP contribution in [0.1, 0.15) is 23.6 Å². The second-order valence-corrected chi connectivity index (χ2v) is 8.41. The minimum absolute atomic E-state index is 0.0925. The zero-order valence-electron chi connectivity index (χ0n) is 18.9. The van der Waals surface area contributed by atoms with Crippen LogP contribution in [0.15, 0.2) is 121 Å². The highest BCUT2D eigenvalue weighted by Gasteiger charge is 2.33. The third kappa shape index (κ3) is 4.10. The molecule has 0 unspecified atom stereocenters. The molecule has 0 bridgehead atoms. The van der Waals surface area contributed by atoms with Crippen LogP contribution in [-0.2, 0) is 0 Å². The fourth-order valence-corrected chi connectivity index (χ4v) is 4.46. The average molecular weight is 460 g/mol. The van der Waals surface area contributed by atoms with Gasteiger partial charge < -0.3 is 0 Å². The quantitative estimate of drug-likeness (QED) is 0.304. The molecule has 3 heterocycles. The average Bonchev–Trinajstić information content (AvgIpc) is 3.56. The van der Waals surface area contributed by atoms with Gasteiger partial charge in [0.1, 0.15) is 5.82 Å². The molecule has 6 rings (SSSR count). The summed E-state index contributed by atoms with van der Waals surface area (Å²) in [6, 6.07) is 30.6. The molecule has 0 N–H and O–H groups in total. The molecule has 0 saturated carbocycles. The fraction of sp³-hybridized carbons (Fsp3) is 0.0690. The van der Waals surface area contributed by atoms with Gasteiger partial charge in [-0.3, -0.25) is 9.99 Å². The molecule has 5 nitrogen and oxygen atoms in total. The van der Waals surface area contributed by atoms with E-state index in [0.717, 1.165) is 39.5 Å². The van der Waals surface area contributed by atoms with Gasteiger partial charge in [-0.05, 0) is 54.1 Å². The molecular weight excluding hydrogens is 437 g/mol. The standard InChI is InChI=1S/C29H22FN5/c30-23-15-13-21(14-16-23)27-18-28(35(32-27)25-11-5-2-6-12-25)26-20-34(24-9-3-1-4-10-24)33-29(26)22-8-7-17-31-19-22/h1-17,19-20,28H,18H2/t28-/m1/s1. The van der Waals surface area contributed by atoms with Gasteiger partial charge in [0, 0.05) is 36.1 Å². The van der Waals surface area contributed by atoms with E-state index in [1.807, 2.05) is 76.6 Å². The van der Waals surface area contributed by atoms with Crippen LogP contribution in [0.4, 0.5) is 10.1 Å². The number of anilines is 1. The Balaban J connectivity index is 1.49. The molecule has 1 aliphatic rings. The van der Waals surface area contributed by atoms with Gasteiger partial charge in [0.15, 0.2) is 0 Å². The van der Waals surface area contributed by atoms with E-state index in [0.29, 0.717) is 6.42 Å². The Kier molecular flexibility index (Phi) is 5.39. The van der Waals surface area contributed by atoms with Crippen LogP contribution in [0.2, 0.25) is 0 Å². The van der Waals surface area contributed by atoms with Crippen LogP contribution < -0.4 is 5.01 Å². The Morgan fingerprint density at radius 2 is 1.46 bits per heavy atom. The highest BCUT2D eigenvalue weighted by atomic mass is 19.1. The molecule has 0 radical (unpaired) electrons. The van der Waals surface area contributed by atoms with Crippen molar-refractivity contribution in [3.63, 3.8) is 0 Å². The first-order chi connectivity index (χ1) is 17.3. The highest BCUT2D eigenvalue weighted by molar-refractivity contribution is 6.03. The maximum Gasteiger partial charge on any atom is 0.123 e. The summed E-state index contributed by atoms with van der Waals surface area (Å²) in [5.74, 6) is -0.258. The van der Waals surface area contributed by atoms with Crippen LogP contribution in [-0.4, -0.2) is 20.5 Å². The highest BCUT2D eigenvalue weighted by Crippen LogP contribution is 2.40. The van der Waals surface area contributed by atoms with Gasteiger partial charge in [0.05, 0.1) is 28.8 Å². The monoisotopic (exact) mass is 459 g/mol. The number of pyridine rings is 1. The van der Waals surface area contributed by atoms with Crippen LogP contribution in [0.25, 0.3) is 16.9 Å². The molecule has 0 fully saturated rings. The van der Waals surface area contributed by atoms with Crippen molar-refractivity contribution in [2.24, 2.45) is 5.10 Å². The zero-order valence-corrected chi connectivity index (χ0v) is 18.9. The summed E-state index contributed by atoms with van der Waals surface area (Å²) >= 11 is 0. The number of hydrazone groups is 1. The number of rotatable bonds is 5. The van der Waals surface area contributed by atoms with E-state index in [-0.39, 0.29) is 11.9 Å². The van der Waals surface area contributed by atoms with Crippen molar-refractivity contribution in [1.82, 2.24) is 14.8 Å². The molecule has 3 aromatic carbocycles. The minimum atomic E-state index is -0.258. The lowest BCUT2D eigenvalue weighted by Crippen LogP contribution is -2.18. The first-order valence-corrected chi connectivity index (χ1v) is 11.5. The summed E-state index contributed by atoms with van der Waals surface area (Å²) in [5.41, 5.74) is 6.64. The van der Waals surface area contributed by atoms with Gasteiger partial charge in [0.25, 0.3) is 0 Å². The number of nitrogens with zero attached hydrogens (tertiary/aromatic N) is 5. The van der Waals surface area contributed by atoms with Gasteiger partial charge in [0.2, 0.25) is 0 Å². The number of benzene rings is 3. The van der Waals surface area contributed by atoms with Crippen LogP contribution >= 0.6 is 0 Å². The van der Waals surface area contributed by atoms with Crippen LogP contribution in [0.3, 0.4) is 0 Å². The minimum Gasteiger partial charge on any atom is -0.264 e. The predicted molar refractivity (Wildman–Crippen MR) is 136 cm³/mol. The van der Waals surface area contributed by atoms with E-state index in [9.17, 15) is 4.39 Å². The van der Waals surface area contributed by atoms with Crippen molar-refractivity contribution in [1.29, 1.82) is 0 Å². The normalized spacial score (nSPS) is 15.3. The van der Waals surface area contributed by atoms with Crippen molar-refractivity contribution in [3.05, 3.63) is 133 Å². The number of aromatic nitrogens is 3. The molecule has 0 saturated heterocycles. The van der Waals surface area contributed by atoms with E-state index in [4.69, 9.17) is 10.2 Å². The topological polar surface area (TPSA) is 46.3 Å². The van der Waals surface area contributed by atoms with Crippen LogP contribution in [0.5, 0.6) is 0 Å². The predicted octanol–water partition coefficient (Wildman–Crippen LogP) is 6.43. The number of hydrogen-bond acceptors (Lipinski definition) is 4. The molecule has 170 valence electrons. The maximum atomic E-state index is 13.6. The molecule has 6 heteroatoms. The number of para-hydroxylation sites is 2. The Bertz CT molecular complexity index is 1460. The van der Waals surface area contributed by atoms with Crippen molar-refractivity contribution in [2.75, 3.05) is 5.01 Å².